The van der Waals surface area contributed by atoms with Crippen LogP contribution in [-0.4, -0.2) is 16.3 Å². The molecule has 0 N–H and O–H groups in total. The van der Waals surface area contributed by atoms with E-state index >= 15 is 0 Å². The van der Waals surface area contributed by atoms with Crippen molar-refractivity contribution in [2.45, 2.75) is 4.34 Å². The lowest BCUT2D eigenvalue weighted by molar-refractivity contribution is 0.420. The molecule has 0 aliphatic rings. The number of thiocarbonyl (C=S) groups is 1. The summed E-state index contributed by atoms with van der Waals surface area (Å²) in [5, 5.41) is 2.18. The van der Waals surface area contributed by atoms with Gasteiger partial charge in [-0.3, -0.25) is 0 Å². The van der Waals surface area contributed by atoms with Gasteiger partial charge in [0.2, 0.25) is 0 Å². The standard InChI is InChI=1S/C19H13NOS3/c1-21-16-11-10-14(12-6-2-3-7-13(12)16)18(22)24-19-20-15-8-4-5-9-17(15)23-19/h2-11H,1H3. The smallest absolute Gasteiger partial charge is 0.156 e. The highest BCUT2D eigenvalue weighted by atomic mass is 32.2. The Morgan fingerprint density at radius 2 is 1.75 bits per heavy atom. The van der Waals surface area contributed by atoms with E-state index in [1.54, 1.807) is 30.2 Å². The van der Waals surface area contributed by atoms with Gasteiger partial charge in [-0.05, 0) is 41.4 Å². The van der Waals surface area contributed by atoms with Crippen LogP contribution in [0.4, 0.5) is 0 Å². The van der Waals surface area contributed by atoms with Gasteiger partial charge in [0, 0.05) is 10.9 Å². The Labute approximate surface area is 153 Å². The molecule has 0 aliphatic heterocycles. The van der Waals surface area contributed by atoms with E-state index in [0.717, 1.165) is 36.1 Å². The zero-order chi connectivity index (χ0) is 16.5. The third kappa shape index (κ3) is 2.79. The van der Waals surface area contributed by atoms with Crippen molar-refractivity contribution in [2.24, 2.45) is 0 Å². The molecule has 0 atom stereocenters. The molecule has 24 heavy (non-hydrogen) atoms. The van der Waals surface area contributed by atoms with E-state index in [9.17, 15) is 0 Å². The topological polar surface area (TPSA) is 22.1 Å². The number of thioether (sulfide) groups is 1. The van der Waals surface area contributed by atoms with Crippen LogP contribution in [0.3, 0.4) is 0 Å². The second-order valence-corrected chi connectivity index (χ2v) is 8.15. The Bertz CT molecular complexity index is 1020. The number of hydrogen-bond donors (Lipinski definition) is 0. The van der Waals surface area contributed by atoms with Crippen LogP contribution in [0, 0.1) is 0 Å². The molecule has 2 nitrogen and oxygen atoms in total. The molecular formula is C19H13NOS3. The second-order valence-electron chi connectivity index (χ2n) is 5.20. The zero-order valence-electron chi connectivity index (χ0n) is 12.9. The molecule has 3 aromatic carbocycles. The fraction of sp³-hybridized carbons (Fsp3) is 0.0526. The molecule has 1 heterocycles. The highest BCUT2D eigenvalue weighted by Crippen LogP contribution is 2.35. The van der Waals surface area contributed by atoms with Crippen LogP contribution >= 0.6 is 35.3 Å². The normalized spacial score (nSPS) is 11.0. The van der Waals surface area contributed by atoms with Gasteiger partial charge in [0.1, 0.15) is 5.75 Å². The summed E-state index contributed by atoms with van der Waals surface area (Å²) in [5.41, 5.74) is 2.07. The average Bonchev–Trinajstić information content (AvgIpc) is 3.02. The third-order valence-electron chi connectivity index (χ3n) is 3.78. The molecule has 0 radical (unpaired) electrons. The molecular weight excluding hydrogens is 354 g/mol. The van der Waals surface area contributed by atoms with Gasteiger partial charge in [0.05, 0.1) is 21.5 Å². The molecule has 0 unspecified atom stereocenters. The number of thiazole rings is 1. The van der Waals surface area contributed by atoms with Crippen LogP contribution in [0.15, 0.2) is 65.0 Å². The van der Waals surface area contributed by atoms with E-state index in [-0.39, 0.29) is 0 Å². The van der Waals surface area contributed by atoms with Crippen molar-refractivity contribution in [1.29, 1.82) is 0 Å². The Balaban J connectivity index is 1.73. The Kier molecular flexibility index (Phi) is 4.22. The van der Waals surface area contributed by atoms with E-state index in [4.69, 9.17) is 17.0 Å². The number of nitrogens with zero attached hydrogens (tertiary/aromatic N) is 1. The fourth-order valence-corrected chi connectivity index (χ4v) is 5.20. The van der Waals surface area contributed by atoms with Gasteiger partial charge in [-0.1, -0.05) is 48.6 Å². The van der Waals surface area contributed by atoms with Crippen molar-refractivity contribution in [1.82, 2.24) is 4.98 Å². The van der Waals surface area contributed by atoms with Crippen LogP contribution in [0.5, 0.6) is 5.75 Å². The van der Waals surface area contributed by atoms with E-state index in [1.165, 1.54) is 4.70 Å². The quantitative estimate of drug-likeness (QED) is 0.331. The number of methoxy groups -OCH3 is 1. The van der Waals surface area contributed by atoms with Crippen molar-refractivity contribution in [3.8, 4) is 5.75 Å². The monoisotopic (exact) mass is 367 g/mol. The first kappa shape index (κ1) is 15.6. The van der Waals surface area contributed by atoms with Gasteiger partial charge in [-0.15, -0.1) is 11.3 Å². The number of benzene rings is 3. The average molecular weight is 368 g/mol. The summed E-state index contributed by atoms with van der Waals surface area (Å²) in [6, 6.07) is 20.3. The molecule has 1 aromatic heterocycles. The minimum absolute atomic E-state index is 0.827. The van der Waals surface area contributed by atoms with Gasteiger partial charge in [0.15, 0.2) is 4.34 Å². The molecule has 0 saturated heterocycles. The lowest BCUT2D eigenvalue weighted by atomic mass is 10.0. The van der Waals surface area contributed by atoms with Gasteiger partial charge in [-0.2, -0.15) is 0 Å². The summed E-state index contributed by atoms with van der Waals surface area (Å²) in [6.07, 6.45) is 0. The third-order valence-corrected chi connectivity index (χ3v) is 6.25. The predicted molar refractivity (Wildman–Crippen MR) is 108 cm³/mol. The van der Waals surface area contributed by atoms with Crippen LogP contribution in [0.2, 0.25) is 0 Å². The fourth-order valence-electron chi connectivity index (χ4n) is 2.66. The largest absolute Gasteiger partial charge is 0.496 e. The van der Waals surface area contributed by atoms with Crippen LogP contribution < -0.4 is 4.74 Å². The van der Waals surface area contributed by atoms with Gasteiger partial charge in [-0.25, -0.2) is 4.98 Å². The molecule has 0 fully saturated rings. The van der Waals surface area contributed by atoms with Crippen LogP contribution in [-0.2, 0) is 0 Å². The first-order valence-electron chi connectivity index (χ1n) is 7.40. The summed E-state index contributed by atoms with van der Waals surface area (Å²) in [4.78, 5) is 4.66. The van der Waals surface area contributed by atoms with Crippen LogP contribution in [0.25, 0.3) is 21.0 Å². The van der Waals surface area contributed by atoms with Crippen molar-refractivity contribution in [3.63, 3.8) is 0 Å². The predicted octanol–water partition coefficient (Wildman–Crippen LogP) is 5.93. The van der Waals surface area contributed by atoms with E-state index < -0.39 is 0 Å². The maximum absolute atomic E-state index is 5.70. The Hall–Kier alpha value is -1.95. The zero-order valence-corrected chi connectivity index (χ0v) is 15.3. The van der Waals surface area contributed by atoms with E-state index in [2.05, 4.69) is 23.2 Å². The molecule has 0 bridgehead atoms. The highest BCUT2D eigenvalue weighted by Gasteiger charge is 2.13. The minimum Gasteiger partial charge on any atom is -0.496 e. The van der Waals surface area contributed by atoms with Crippen LogP contribution in [0.1, 0.15) is 5.56 Å². The summed E-state index contributed by atoms with van der Waals surface area (Å²) in [6.45, 7) is 0. The second kappa shape index (κ2) is 6.51. The van der Waals surface area contributed by atoms with Gasteiger partial charge >= 0.3 is 0 Å². The number of ether oxygens (including phenoxy) is 1. The summed E-state index contributed by atoms with van der Waals surface area (Å²) >= 11 is 8.92. The first-order chi connectivity index (χ1) is 11.8. The number of rotatable bonds is 3. The summed E-state index contributed by atoms with van der Waals surface area (Å²) in [5.74, 6) is 0.863. The summed E-state index contributed by atoms with van der Waals surface area (Å²) < 4.78 is 8.44. The Morgan fingerprint density at radius 3 is 2.54 bits per heavy atom. The first-order valence-corrected chi connectivity index (χ1v) is 9.44. The number of fused-ring (bicyclic) bond motifs is 2. The number of aromatic nitrogens is 1. The van der Waals surface area contributed by atoms with E-state index in [1.807, 2.05) is 42.5 Å². The SMILES string of the molecule is COc1ccc(C(=S)Sc2nc3ccccc3s2)c2ccccc12. The minimum atomic E-state index is 0.827. The molecule has 5 heteroatoms. The Morgan fingerprint density at radius 1 is 1.00 bits per heavy atom. The molecule has 4 rings (SSSR count). The molecule has 0 spiro atoms. The van der Waals surface area contributed by atoms with Crippen molar-refractivity contribution in [2.75, 3.05) is 7.11 Å². The van der Waals surface area contributed by atoms with Crippen molar-refractivity contribution >= 4 is 60.5 Å². The number of para-hydroxylation sites is 1. The number of hydrogen-bond acceptors (Lipinski definition) is 5. The molecule has 118 valence electrons. The lowest BCUT2D eigenvalue weighted by Gasteiger charge is -2.10. The molecule has 4 aromatic rings. The van der Waals surface area contributed by atoms with Gasteiger partial charge < -0.3 is 4.74 Å². The van der Waals surface area contributed by atoms with Gasteiger partial charge in [0.25, 0.3) is 0 Å². The summed E-state index contributed by atoms with van der Waals surface area (Å²) in [7, 11) is 1.69. The molecule has 0 saturated carbocycles. The van der Waals surface area contributed by atoms with E-state index in [0.29, 0.717) is 0 Å². The molecule has 0 aliphatic carbocycles. The lowest BCUT2D eigenvalue weighted by Crippen LogP contribution is -1.95. The van der Waals surface area contributed by atoms with Crippen molar-refractivity contribution < 1.29 is 4.74 Å². The maximum atomic E-state index is 5.70. The molecule has 0 amide bonds. The maximum Gasteiger partial charge on any atom is 0.156 e. The highest BCUT2D eigenvalue weighted by molar-refractivity contribution is 8.24. The van der Waals surface area contributed by atoms with Crippen molar-refractivity contribution in [3.05, 3.63) is 66.2 Å².